The first-order valence-corrected chi connectivity index (χ1v) is 6.63. The third-order valence-corrected chi connectivity index (χ3v) is 3.28. The predicted octanol–water partition coefficient (Wildman–Crippen LogP) is 1.36. The summed E-state index contributed by atoms with van der Waals surface area (Å²) in [5.74, 6) is 0.498. The molecule has 1 atom stereocenters. The molecule has 7 heteroatoms. The van der Waals surface area contributed by atoms with Gasteiger partial charge in [0.2, 0.25) is 0 Å². The van der Waals surface area contributed by atoms with Crippen molar-refractivity contribution < 1.29 is 14.7 Å². The van der Waals surface area contributed by atoms with Crippen molar-refractivity contribution in [2.75, 3.05) is 6.61 Å². The summed E-state index contributed by atoms with van der Waals surface area (Å²) in [4.78, 5) is 11.8. The minimum absolute atomic E-state index is 0.0207. The Kier molecular flexibility index (Phi) is 4.68. The summed E-state index contributed by atoms with van der Waals surface area (Å²) in [6.07, 6.45) is 1.92. The van der Waals surface area contributed by atoms with Crippen molar-refractivity contribution in [3.63, 3.8) is 0 Å². The van der Waals surface area contributed by atoms with E-state index in [0.29, 0.717) is 10.8 Å². The summed E-state index contributed by atoms with van der Waals surface area (Å²) in [6.45, 7) is -0.135. The first kappa shape index (κ1) is 14.5. The van der Waals surface area contributed by atoms with Crippen LogP contribution < -0.4 is 15.8 Å². The van der Waals surface area contributed by atoms with Crippen LogP contribution in [0.3, 0.4) is 0 Å². The number of nitrogens with one attached hydrogen (secondary N) is 1. The van der Waals surface area contributed by atoms with E-state index < -0.39 is 6.04 Å². The zero-order chi connectivity index (χ0) is 14.5. The van der Waals surface area contributed by atoms with E-state index in [9.17, 15) is 4.79 Å². The highest BCUT2D eigenvalue weighted by molar-refractivity contribution is 6.30. The summed E-state index contributed by atoms with van der Waals surface area (Å²) in [5.41, 5.74) is 5.56. The van der Waals surface area contributed by atoms with Crippen LogP contribution in [0.4, 0.5) is 0 Å². The Morgan fingerprint density at radius 3 is 2.70 bits per heavy atom. The molecular weight excluding hydrogens is 282 g/mol. The van der Waals surface area contributed by atoms with Crippen molar-refractivity contribution in [2.45, 2.75) is 18.9 Å². The van der Waals surface area contributed by atoms with Gasteiger partial charge in [0.05, 0.1) is 6.04 Å². The third kappa shape index (κ3) is 4.03. The molecule has 0 saturated heterocycles. The zero-order valence-corrected chi connectivity index (χ0v) is 11.5. The van der Waals surface area contributed by atoms with Crippen LogP contribution in [0, 0.1) is 5.92 Å². The van der Waals surface area contributed by atoms with Gasteiger partial charge in [0, 0.05) is 5.02 Å². The normalized spacial score (nSPS) is 16.6. The second-order valence-corrected chi connectivity index (χ2v) is 5.09. The summed E-state index contributed by atoms with van der Waals surface area (Å²) < 4.78 is 5.32. The molecule has 0 radical (unpaired) electrons. The number of hydrogen-bond acceptors (Lipinski definition) is 4. The Morgan fingerprint density at radius 2 is 2.15 bits per heavy atom. The predicted molar refractivity (Wildman–Crippen MR) is 75.0 cm³/mol. The molecule has 2 rings (SSSR count). The van der Waals surface area contributed by atoms with E-state index in [1.807, 2.05) is 0 Å². The lowest BCUT2D eigenvalue weighted by Crippen LogP contribution is -2.47. The van der Waals surface area contributed by atoms with Gasteiger partial charge in [0.25, 0.3) is 5.91 Å². The maximum absolute atomic E-state index is 11.8. The quantitative estimate of drug-likeness (QED) is 0.320. The maximum atomic E-state index is 11.8. The highest BCUT2D eigenvalue weighted by Crippen LogP contribution is 2.32. The molecule has 1 saturated carbocycles. The van der Waals surface area contributed by atoms with Crippen LogP contribution in [-0.2, 0) is 4.79 Å². The fourth-order valence-electron chi connectivity index (χ4n) is 1.82. The van der Waals surface area contributed by atoms with E-state index in [0.717, 1.165) is 12.8 Å². The molecule has 108 valence electrons. The number of carbonyl (C=O) groups is 1. The molecule has 1 aromatic carbocycles. The first-order valence-electron chi connectivity index (χ1n) is 6.25. The van der Waals surface area contributed by atoms with Crippen molar-refractivity contribution >= 4 is 23.3 Å². The average Bonchev–Trinajstić information content (AvgIpc) is 3.28. The van der Waals surface area contributed by atoms with Gasteiger partial charge in [-0.15, -0.1) is 0 Å². The van der Waals surface area contributed by atoms with Crippen LogP contribution in [0.2, 0.25) is 5.02 Å². The minimum Gasteiger partial charge on any atom is -0.484 e. The second-order valence-electron chi connectivity index (χ2n) is 4.65. The minimum atomic E-state index is -0.429. The van der Waals surface area contributed by atoms with Crippen molar-refractivity contribution in [3.8, 4) is 5.75 Å². The van der Waals surface area contributed by atoms with Gasteiger partial charge in [-0.25, -0.2) is 0 Å². The van der Waals surface area contributed by atoms with Gasteiger partial charge in [-0.1, -0.05) is 16.8 Å². The number of amides is 1. The van der Waals surface area contributed by atoms with Crippen LogP contribution in [-0.4, -0.2) is 29.6 Å². The van der Waals surface area contributed by atoms with Gasteiger partial charge >= 0.3 is 0 Å². The third-order valence-electron chi connectivity index (χ3n) is 3.03. The summed E-state index contributed by atoms with van der Waals surface area (Å²) >= 11 is 5.75. The number of rotatable bonds is 6. The highest BCUT2D eigenvalue weighted by Gasteiger charge is 2.35. The Hall–Kier alpha value is -1.95. The lowest BCUT2D eigenvalue weighted by Gasteiger charge is -2.16. The van der Waals surface area contributed by atoms with E-state index >= 15 is 0 Å². The molecule has 1 unspecified atom stereocenters. The average molecular weight is 298 g/mol. The van der Waals surface area contributed by atoms with E-state index in [1.165, 1.54) is 0 Å². The molecule has 0 aromatic heterocycles. The van der Waals surface area contributed by atoms with Gasteiger partial charge < -0.3 is 21.0 Å². The highest BCUT2D eigenvalue weighted by atomic mass is 35.5. The fourth-order valence-corrected chi connectivity index (χ4v) is 1.95. The first-order chi connectivity index (χ1) is 9.60. The molecule has 1 amide bonds. The SMILES string of the molecule is NC(=NO)C(NC(=O)COc1ccc(Cl)cc1)C1CC1. The molecule has 1 aliphatic carbocycles. The molecule has 1 aliphatic rings. The zero-order valence-electron chi connectivity index (χ0n) is 10.8. The van der Waals surface area contributed by atoms with Crippen LogP contribution in [0.25, 0.3) is 0 Å². The number of halogens is 1. The number of hydrogen-bond donors (Lipinski definition) is 3. The number of benzene rings is 1. The van der Waals surface area contributed by atoms with Crippen molar-refractivity contribution in [3.05, 3.63) is 29.3 Å². The van der Waals surface area contributed by atoms with Crippen molar-refractivity contribution in [1.29, 1.82) is 0 Å². The van der Waals surface area contributed by atoms with E-state index in [-0.39, 0.29) is 24.3 Å². The molecule has 0 spiro atoms. The Morgan fingerprint density at radius 1 is 1.50 bits per heavy atom. The number of nitrogens with zero attached hydrogens (tertiary/aromatic N) is 1. The largest absolute Gasteiger partial charge is 0.484 e. The van der Waals surface area contributed by atoms with Crippen LogP contribution in [0.1, 0.15) is 12.8 Å². The number of nitrogens with two attached hydrogens (primary N) is 1. The molecular formula is C13H16ClN3O3. The molecule has 0 bridgehead atoms. The molecule has 1 aromatic rings. The van der Waals surface area contributed by atoms with Gasteiger partial charge in [0.1, 0.15) is 5.75 Å². The van der Waals surface area contributed by atoms with Gasteiger partial charge in [-0.2, -0.15) is 0 Å². The van der Waals surface area contributed by atoms with Crippen molar-refractivity contribution in [2.24, 2.45) is 16.8 Å². The van der Waals surface area contributed by atoms with Crippen molar-refractivity contribution in [1.82, 2.24) is 5.32 Å². The van der Waals surface area contributed by atoms with Gasteiger partial charge in [-0.3, -0.25) is 4.79 Å². The van der Waals surface area contributed by atoms with Crippen LogP contribution in [0.15, 0.2) is 29.4 Å². The maximum Gasteiger partial charge on any atom is 0.258 e. The molecule has 0 aliphatic heterocycles. The Balaban J connectivity index is 1.83. The Labute approximate surface area is 121 Å². The number of ether oxygens (including phenoxy) is 1. The van der Waals surface area contributed by atoms with Crippen LogP contribution >= 0.6 is 11.6 Å². The van der Waals surface area contributed by atoms with E-state index in [1.54, 1.807) is 24.3 Å². The molecule has 0 heterocycles. The van der Waals surface area contributed by atoms with E-state index in [2.05, 4.69) is 10.5 Å². The van der Waals surface area contributed by atoms with Crippen LogP contribution in [0.5, 0.6) is 5.75 Å². The second kappa shape index (κ2) is 6.47. The van der Waals surface area contributed by atoms with Gasteiger partial charge in [0.15, 0.2) is 12.4 Å². The molecule has 6 nitrogen and oxygen atoms in total. The summed E-state index contributed by atoms with van der Waals surface area (Å²) in [6, 6.07) is 6.28. The summed E-state index contributed by atoms with van der Waals surface area (Å²) in [7, 11) is 0. The smallest absolute Gasteiger partial charge is 0.258 e. The standard InChI is InChI=1S/C13H16ClN3O3/c14-9-3-5-10(6-4-9)20-7-11(18)16-12(8-1-2-8)13(15)17-19/h3-6,8,12,19H,1-2,7H2,(H2,15,17)(H,16,18). The van der Waals surface area contributed by atoms with Gasteiger partial charge in [-0.05, 0) is 43.0 Å². The molecule has 4 N–H and O–H groups in total. The number of amidine groups is 1. The number of carbonyl (C=O) groups excluding carboxylic acids is 1. The monoisotopic (exact) mass is 297 g/mol. The topological polar surface area (TPSA) is 96.9 Å². The number of oxime groups is 1. The van der Waals surface area contributed by atoms with E-state index in [4.69, 9.17) is 27.3 Å². The lowest BCUT2D eigenvalue weighted by molar-refractivity contribution is -0.123. The Bertz CT molecular complexity index is 500. The molecule has 1 fully saturated rings. The molecule has 20 heavy (non-hydrogen) atoms. The summed E-state index contributed by atoms with van der Waals surface area (Å²) in [5, 5.41) is 15.0. The fraction of sp³-hybridized carbons (Fsp3) is 0.385. The lowest BCUT2D eigenvalue weighted by atomic mass is 10.1.